The van der Waals surface area contributed by atoms with Gasteiger partial charge in [0, 0.05) is 12.7 Å². The van der Waals surface area contributed by atoms with Crippen molar-refractivity contribution in [2.75, 3.05) is 6.26 Å². The molecule has 0 amide bonds. The second-order valence-corrected chi connectivity index (χ2v) is 3.50. The first-order chi connectivity index (χ1) is 6.36. The highest BCUT2D eigenvalue weighted by molar-refractivity contribution is 7.98. The SMILES string of the molecule is CSc1nc2ccccn2c1CN. The monoisotopic (exact) mass is 193 g/mol. The van der Waals surface area contributed by atoms with Gasteiger partial charge in [-0.1, -0.05) is 6.07 Å². The minimum atomic E-state index is 0.529. The van der Waals surface area contributed by atoms with E-state index in [0.29, 0.717) is 6.54 Å². The first-order valence-electron chi connectivity index (χ1n) is 4.07. The molecule has 0 unspecified atom stereocenters. The average molecular weight is 193 g/mol. The molecule has 0 aliphatic carbocycles. The van der Waals surface area contributed by atoms with Gasteiger partial charge < -0.3 is 10.1 Å². The van der Waals surface area contributed by atoms with E-state index < -0.39 is 0 Å². The summed E-state index contributed by atoms with van der Waals surface area (Å²) in [5.74, 6) is 0. The lowest BCUT2D eigenvalue weighted by atomic mass is 10.4. The summed E-state index contributed by atoms with van der Waals surface area (Å²) in [6, 6.07) is 5.95. The van der Waals surface area contributed by atoms with Gasteiger partial charge in [0.25, 0.3) is 0 Å². The van der Waals surface area contributed by atoms with Gasteiger partial charge in [0.2, 0.25) is 0 Å². The van der Waals surface area contributed by atoms with E-state index in [1.807, 2.05) is 35.1 Å². The Morgan fingerprint density at radius 3 is 3.08 bits per heavy atom. The van der Waals surface area contributed by atoms with Gasteiger partial charge in [-0.15, -0.1) is 11.8 Å². The minimum Gasteiger partial charge on any atom is -0.325 e. The van der Waals surface area contributed by atoms with Crippen LogP contribution >= 0.6 is 11.8 Å². The fourth-order valence-corrected chi connectivity index (χ4v) is 1.98. The molecule has 0 atom stereocenters. The highest BCUT2D eigenvalue weighted by Crippen LogP contribution is 2.20. The standard InChI is InChI=1S/C9H11N3S/c1-13-9-7(6-10)12-5-3-2-4-8(12)11-9/h2-5H,6,10H2,1H3. The fraction of sp³-hybridized carbons (Fsp3) is 0.222. The van der Waals surface area contributed by atoms with Crippen molar-refractivity contribution in [3.8, 4) is 0 Å². The summed E-state index contributed by atoms with van der Waals surface area (Å²) in [4.78, 5) is 4.45. The van der Waals surface area contributed by atoms with Crippen LogP contribution in [-0.4, -0.2) is 15.6 Å². The number of hydrogen-bond acceptors (Lipinski definition) is 3. The molecule has 0 aliphatic heterocycles. The van der Waals surface area contributed by atoms with E-state index in [2.05, 4.69) is 4.98 Å². The molecule has 3 nitrogen and oxygen atoms in total. The van der Waals surface area contributed by atoms with Crippen LogP contribution in [0.4, 0.5) is 0 Å². The number of pyridine rings is 1. The molecule has 2 aromatic heterocycles. The van der Waals surface area contributed by atoms with Crippen LogP contribution in [0.1, 0.15) is 5.69 Å². The van der Waals surface area contributed by atoms with Crippen LogP contribution in [-0.2, 0) is 6.54 Å². The van der Waals surface area contributed by atoms with E-state index in [4.69, 9.17) is 5.73 Å². The number of imidazole rings is 1. The molecule has 2 rings (SSSR count). The Kier molecular flexibility index (Phi) is 2.24. The quantitative estimate of drug-likeness (QED) is 0.735. The molecule has 68 valence electrons. The van der Waals surface area contributed by atoms with Crippen molar-refractivity contribution in [2.24, 2.45) is 5.73 Å². The van der Waals surface area contributed by atoms with Crippen LogP contribution in [0.25, 0.3) is 5.65 Å². The van der Waals surface area contributed by atoms with Gasteiger partial charge in [-0.2, -0.15) is 0 Å². The zero-order chi connectivity index (χ0) is 9.26. The van der Waals surface area contributed by atoms with Crippen LogP contribution in [0, 0.1) is 0 Å². The molecule has 0 saturated carbocycles. The van der Waals surface area contributed by atoms with Gasteiger partial charge >= 0.3 is 0 Å². The molecule has 4 heteroatoms. The minimum absolute atomic E-state index is 0.529. The maximum atomic E-state index is 5.66. The largest absolute Gasteiger partial charge is 0.325 e. The number of hydrogen-bond donors (Lipinski definition) is 1. The molecule has 0 bridgehead atoms. The predicted octanol–water partition coefficient (Wildman–Crippen LogP) is 1.51. The molecule has 13 heavy (non-hydrogen) atoms. The van der Waals surface area contributed by atoms with Gasteiger partial charge in [0.1, 0.15) is 10.7 Å². The number of fused-ring (bicyclic) bond motifs is 1. The molecule has 0 radical (unpaired) electrons. The summed E-state index contributed by atoms with van der Waals surface area (Å²) < 4.78 is 2.03. The van der Waals surface area contributed by atoms with Gasteiger partial charge in [-0.05, 0) is 18.4 Å². The third-order valence-electron chi connectivity index (χ3n) is 1.98. The summed E-state index contributed by atoms with van der Waals surface area (Å²) in [5, 5.41) is 1.02. The molecule has 2 N–H and O–H groups in total. The van der Waals surface area contributed by atoms with E-state index in [1.54, 1.807) is 11.8 Å². The number of rotatable bonds is 2. The molecular formula is C9H11N3S. The molecule has 0 aliphatic rings. The lowest BCUT2D eigenvalue weighted by Crippen LogP contribution is -2.01. The second kappa shape index (κ2) is 3.40. The first kappa shape index (κ1) is 8.59. The Balaban J connectivity index is 2.73. The van der Waals surface area contributed by atoms with Crippen molar-refractivity contribution in [3.05, 3.63) is 30.1 Å². The topological polar surface area (TPSA) is 43.3 Å². The third kappa shape index (κ3) is 1.32. The maximum absolute atomic E-state index is 5.66. The second-order valence-electron chi connectivity index (χ2n) is 2.70. The number of aromatic nitrogens is 2. The average Bonchev–Trinajstić information content (AvgIpc) is 2.55. The van der Waals surface area contributed by atoms with Crippen LogP contribution in [0.3, 0.4) is 0 Å². The summed E-state index contributed by atoms with van der Waals surface area (Å²) in [6.07, 6.45) is 4.01. The van der Waals surface area contributed by atoms with Crippen molar-refractivity contribution in [1.29, 1.82) is 0 Å². The Labute approximate surface area is 81.0 Å². The highest BCUT2D eigenvalue weighted by atomic mass is 32.2. The van der Waals surface area contributed by atoms with Crippen LogP contribution in [0.15, 0.2) is 29.4 Å². The summed E-state index contributed by atoms with van der Waals surface area (Å²) >= 11 is 1.63. The lowest BCUT2D eigenvalue weighted by molar-refractivity contribution is 0.922. The number of nitrogens with zero attached hydrogens (tertiary/aromatic N) is 2. The van der Waals surface area contributed by atoms with Gasteiger partial charge in [0.15, 0.2) is 0 Å². The van der Waals surface area contributed by atoms with Crippen LogP contribution in [0.5, 0.6) is 0 Å². The summed E-state index contributed by atoms with van der Waals surface area (Å²) in [7, 11) is 0. The fourth-order valence-electron chi connectivity index (χ4n) is 1.37. The van der Waals surface area contributed by atoms with E-state index >= 15 is 0 Å². The van der Waals surface area contributed by atoms with E-state index in [-0.39, 0.29) is 0 Å². The summed E-state index contributed by atoms with van der Waals surface area (Å²) in [5.41, 5.74) is 7.71. The van der Waals surface area contributed by atoms with E-state index in [1.165, 1.54) is 0 Å². The molecule has 0 fully saturated rings. The lowest BCUT2D eigenvalue weighted by Gasteiger charge is -1.97. The van der Waals surface area contributed by atoms with Crippen LogP contribution < -0.4 is 5.73 Å². The molecule has 0 spiro atoms. The zero-order valence-corrected chi connectivity index (χ0v) is 8.21. The van der Waals surface area contributed by atoms with Crippen molar-refractivity contribution in [2.45, 2.75) is 11.6 Å². The normalized spacial score (nSPS) is 10.9. The predicted molar refractivity (Wildman–Crippen MR) is 54.9 cm³/mol. The Hall–Kier alpha value is -1.00. The van der Waals surface area contributed by atoms with Gasteiger partial charge in [0.05, 0.1) is 5.69 Å². The third-order valence-corrected chi connectivity index (χ3v) is 2.69. The van der Waals surface area contributed by atoms with Crippen LogP contribution in [0.2, 0.25) is 0 Å². The van der Waals surface area contributed by atoms with Crippen molar-refractivity contribution in [3.63, 3.8) is 0 Å². The van der Waals surface area contributed by atoms with Gasteiger partial charge in [-0.25, -0.2) is 4.98 Å². The Morgan fingerprint density at radius 1 is 1.54 bits per heavy atom. The molecule has 0 saturated heterocycles. The number of nitrogens with two attached hydrogens (primary N) is 1. The number of thioether (sulfide) groups is 1. The Bertz CT molecular complexity index is 422. The zero-order valence-electron chi connectivity index (χ0n) is 7.40. The summed E-state index contributed by atoms with van der Waals surface area (Å²) in [6.45, 7) is 0.529. The molecule has 2 heterocycles. The maximum Gasteiger partial charge on any atom is 0.138 e. The smallest absolute Gasteiger partial charge is 0.138 e. The molecular weight excluding hydrogens is 182 g/mol. The first-order valence-corrected chi connectivity index (χ1v) is 5.29. The van der Waals surface area contributed by atoms with Crippen molar-refractivity contribution >= 4 is 17.4 Å². The van der Waals surface area contributed by atoms with E-state index in [0.717, 1.165) is 16.4 Å². The van der Waals surface area contributed by atoms with Gasteiger partial charge in [-0.3, -0.25) is 0 Å². The highest BCUT2D eigenvalue weighted by Gasteiger charge is 2.07. The molecule has 0 aromatic carbocycles. The Morgan fingerprint density at radius 2 is 2.38 bits per heavy atom. The molecule has 2 aromatic rings. The van der Waals surface area contributed by atoms with Crippen molar-refractivity contribution < 1.29 is 0 Å². The van der Waals surface area contributed by atoms with Crippen molar-refractivity contribution in [1.82, 2.24) is 9.38 Å². The van der Waals surface area contributed by atoms with E-state index in [9.17, 15) is 0 Å².